The van der Waals surface area contributed by atoms with E-state index < -0.39 is 29.7 Å². The number of piperazine rings is 1. The summed E-state index contributed by atoms with van der Waals surface area (Å²) in [5.74, 6) is -1.66. The number of carbonyl (C=O) groups is 3. The Labute approximate surface area is 142 Å². The van der Waals surface area contributed by atoms with Gasteiger partial charge in [-0.25, -0.2) is 9.29 Å². The van der Waals surface area contributed by atoms with Crippen LogP contribution in [0.15, 0.2) is 54.6 Å². The van der Waals surface area contributed by atoms with Crippen LogP contribution in [0.1, 0.15) is 0 Å². The van der Waals surface area contributed by atoms with Crippen LogP contribution < -0.4 is 10.2 Å². The van der Waals surface area contributed by atoms with Crippen LogP contribution in [0.25, 0.3) is 0 Å². The summed E-state index contributed by atoms with van der Waals surface area (Å²) < 4.78 is 13.3. The summed E-state index contributed by atoms with van der Waals surface area (Å²) in [5.41, 5.74) is 0.870. The Morgan fingerprint density at radius 2 is 1.68 bits per heavy atom. The van der Waals surface area contributed by atoms with Crippen LogP contribution in [0.2, 0.25) is 0 Å². The number of nitrogens with zero attached hydrogens (tertiary/aromatic N) is 2. The van der Waals surface area contributed by atoms with Gasteiger partial charge in [0.1, 0.15) is 17.9 Å². The molecule has 126 valence electrons. The molecule has 7 heteroatoms. The Morgan fingerprint density at radius 1 is 1.00 bits per heavy atom. The summed E-state index contributed by atoms with van der Waals surface area (Å²) >= 11 is 0. The average Bonchev–Trinajstić information content (AvgIpc) is 3.21. The first-order chi connectivity index (χ1) is 12.1. The second-order valence-electron chi connectivity index (χ2n) is 5.97. The normalized spacial score (nSPS) is 24.2. The maximum Gasteiger partial charge on any atom is 0.253 e. The maximum atomic E-state index is 13.3. The van der Waals surface area contributed by atoms with Gasteiger partial charge >= 0.3 is 0 Å². The molecule has 4 rings (SSSR count). The van der Waals surface area contributed by atoms with Crippen molar-refractivity contribution in [3.05, 3.63) is 60.4 Å². The number of fused-ring (bicyclic) bond motifs is 1. The van der Waals surface area contributed by atoms with Crippen LogP contribution in [-0.4, -0.2) is 41.2 Å². The molecule has 2 aromatic rings. The van der Waals surface area contributed by atoms with Gasteiger partial charge in [0.2, 0.25) is 5.91 Å². The summed E-state index contributed by atoms with van der Waals surface area (Å²) in [6, 6.07) is 13.0. The molecule has 2 fully saturated rings. The first-order valence-electron chi connectivity index (χ1n) is 7.80. The number of imide groups is 1. The molecule has 0 aromatic heterocycles. The van der Waals surface area contributed by atoms with Crippen molar-refractivity contribution in [2.75, 3.05) is 16.8 Å². The van der Waals surface area contributed by atoms with Gasteiger partial charge in [0.15, 0.2) is 0 Å². The van der Waals surface area contributed by atoms with Gasteiger partial charge in [-0.1, -0.05) is 24.3 Å². The molecule has 6 nitrogen and oxygen atoms in total. The van der Waals surface area contributed by atoms with E-state index in [0.717, 1.165) is 11.0 Å². The third-order valence-corrected chi connectivity index (χ3v) is 4.32. The molecular formula is C18H14FN3O3. The summed E-state index contributed by atoms with van der Waals surface area (Å²) in [6.45, 7) is -0.0430. The Hall–Kier alpha value is -3.06. The van der Waals surface area contributed by atoms with E-state index in [1.165, 1.54) is 18.2 Å². The molecule has 0 saturated carbocycles. The number of anilines is 2. The van der Waals surface area contributed by atoms with Crippen molar-refractivity contribution in [2.24, 2.45) is 0 Å². The summed E-state index contributed by atoms with van der Waals surface area (Å²) in [6.07, 6.45) is 0. The van der Waals surface area contributed by atoms with Gasteiger partial charge in [0.05, 0.1) is 12.2 Å². The smallest absolute Gasteiger partial charge is 0.253 e. The third-order valence-electron chi connectivity index (χ3n) is 4.32. The Morgan fingerprint density at radius 3 is 2.32 bits per heavy atom. The predicted molar refractivity (Wildman–Crippen MR) is 88.2 cm³/mol. The number of para-hydroxylation sites is 1. The SMILES string of the molecule is O=C(CN1[C@H]2C(=O)N(c3cccc(F)c3)C(=O)[C@@H]21)Nc1ccccc1. The molecule has 2 aliphatic rings. The van der Waals surface area contributed by atoms with Gasteiger partial charge in [-0.05, 0) is 30.3 Å². The minimum Gasteiger partial charge on any atom is -0.325 e. The fraction of sp³-hybridized carbons (Fsp3) is 0.167. The topological polar surface area (TPSA) is 69.5 Å². The molecule has 2 heterocycles. The van der Waals surface area contributed by atoms with Gasteiger partial charge in [-0.15, -0.1) is 0 Å². The number of hydrogen-bond acceptors (Lipinski definition) is 4. The number of hydrogen-bond donors (Lipinski definition) is 1. The van der Waals surface area contributed by atoms with Crippen LogP contribution in [-0.2, 0) is 14.4 Å². The first kappa shape index (κ1) is 15.5. The van der Waals surface area contributed by atoms with E-state index in [4.69, 9.17) is 0 Å². The zero-order valence-electron chi connectivity index (χ0n) is 13.1. The van der Waals surface area contributed by atoms with E-state index in [-0.39, 0.29) is 18.1 Å². The molecule has 2 atom stereocenters. The van der Waals surface area contributed by atoms with Crippen molar-refractivity contribution >= 4 is 29.1 Å². The maximum absolute atomic E-state index is 13.3. The lowest BCUT2D eigenvalue weighted by molar-refractivity contribution is -0.124. The summed E-state index contributed by atoms with van der Waals surface area (Å²) in [4.78, 5) is 39.5. The molecule has 2 aliphatic heterocycles. The fourth-order valence-corrected chi connectivity index (χ4v) is 3.16. The van der Waals surface area contributed by atoms with E-state index >= 15 is 0 Å². The molecule has 2 aromatic carbocycles. The lowest BCUT2D eigenvalue weighted by Crippen LogP contribution is -2.40. The Bertz CT molecular complexity index is 849. The standard InChI is InChI=1S/C18H14FN3O3/c19-11-5-4-8-13(9-11)22-17(24)15-16(18(22)25)21(15)10-14(23)20-12-6-2-1-3-7-12/h1-9,15-16H,10H2,(H,20,23)/t15-,16-/m1/s1. The van der Waals surface area contributed by atoms with Crippen LogP contribution >= 0.6 is 0 Å². The molecule has 25 heavy (non-hydrogen) atoms. The fourth-order valence-electron chi connectivity index (χ4n) is 3.16. The number of rotatable bonds is 4. The van der Waals surface area contributed by atoms with Crippen molar-refractivity contribution in [3.63, 3.8) is 0 Å². The molecule has 0 spiro atoms. The van der Waals surface area contributed by atoms with Crippen LogP contribution in [0, 0.1) is 5.82 Å². The van der Waals surface area contributed by atoms with Crippen LogP contribution in [0.5, 0.6) is 0 Å². The molecular weight excluding hydrogens is 325 g/mol. The number of nitrogens with one attached hydrogen (secondary N) is 1. The van der Waals surface area contributed by atoms with Crippen molar-refractivity contribution in [2.45, 2.75) is 12.1 Å². The average molecular weight is 339 g/mol. The largest absolute Gasteiger partial charge is 0.325 e. The number of carbonyl (C=O) groups excluding carboxylic acids is 3. The van der Waals surface area contributed by atoms with Crippen molar-refractivity contribution < 1.29 is 18.8 Å². The van der Waals surface area contributed by atoms with E-state index in [1.54, 1.807) is 29.2 Å². The van der Waals surface area contributed by atoms with E-state index in [9.17, 15) is 18.8 Å². The molecule has 0 radical (unpaired) electrons. The van der Waals surface area contributed by atoms with Gasteiger partial charge in [-0.2, -0.15) is 0 Å². The summed E-state index contributed by atoms with van der Waals surface area (Å²) in [5, 5.41) is 2.72. The first-order valence-corrected chi connectivity index (χ1v) is 7.80. The van der Waals surface area contributed by atoms with Gasteiger partial charge in [-0.3, -0.25) is 19.3 Å². The highest BCUT2D eigenvalue weighted by Crippen LogP contribution is 2.39. The Balaban J connectivity index is 1.42. The van der Waals surface area contributed by atoms with Crippen LogP contribution in [0.4, 0.5) is 15.8 Å². The second kappa shape index (κ2) is 5.78. The zero-order chi connectivity index (χ0) is 17.6. The van der Waals surface area contributed by atoms with Crippen LogP contribution in [0.3, 0.4) is 0 Å². The number of halogens is 1. The monoisotopic (exact) mass is 339 g/mol. The highest BCUT2D eigenvalue weighted by molar-refractivity contribution is 6.28. The second-order valence-corrected chi connectivity index (χ2v) is 5.97. The van der Waals surface area contributed by atoms with Gasteiger partial charge in [0.25, 0.3) is 11.8 Å². The lowest BCUT2D eigenvalue weighted by Gasteiger charge is -2.19. The van der Waals surface area contributed by atoms with E-state index in [0.29, 0.717) is 5.69 Å². The molecule has 1 N–H and O–H groups in total. The quantitative estimate of drug-likeness (QED) is 0.675. The molecule has 0 aliphatic carbocycles. The van der Waals surface area contributed by atoms with E-state index in [1.807, 2.05) is 6.07 Å². The minimum atomic E-state index is -0.641. The molecule has 3 amide bonds. The minimum absolute atomic E-state index is 0.0430. The van der Waals surface area contributed by atoms with Gasteiger partial charge in [0, 0.05) is 5.69 Å². The number of benzene rings is 2. The molecule has 0 bridgehead atoms. The Kier molecular flexibility index (Phi) is 3.58. The predicted octanol–water partition coefficient (Wildman–Crippen LogP) is 1.39. The molecule has 2 saturated heterocycles. The third kappa shape index (κ3) is 2.68. The lowest BCUT2D eigenvalue weighted by atomic mass is 10.3. The van der Waals surface area contributed by atoms with Crippen molar-refractivity contribution in [3.8, 4) is 0 Å². The van der Waals surface area contributed by atoms with Crippen molar-refractivity contribution in [1.29, 1.82) is 0 Å². The summed E-state index contributed by atoms with van der Waals surface area (Å²) in [7, 11) is 0. The van der Waals surface area contributed by atoms with Gasteiger partial charge < -0.3 is 5.32 Å². The highest BCUT2D eigenvalue weighted by atomic mass is 19.1. The zero-order valence-corrected chi connectivity index (χ0v) is 13.1. The number of amides is 3. The molecule has 0 unspecified atom stereocenters. The highest BCUT2D eigenvalue weighted by Gasteiger charge is 2.66. The van der Waals surface area contributed by atoms with Crippen molar-refractivity contribution in [1.82, 2.24) is 4.90 Å². The van der Waals surface area contributed by atoms with E-state index in [2.05, 4.69) is 5.32 Å².